The van der Waals surface area contributed by atoms with Crippen molar-refractivity contribution in [1.82, 2.24) is 0 Å². The first kappa shape index (κ1) is 12.7. The number of nitrogen functional groups attached to an aromatic ring is 1. The van der Waals surface area contributed by atoms with Crippen LogP contribution in [0.1, 0.15) is 25.7 Å². The third kappa shape index (κ3) is 2.72. The lowest BCUT2D eigenvalue weighted by atomic mass is 10.1. The molecule has 0 aromatic heterocycles. The van der Waals surface area contributed by atoms with Crippen molar-refractivity contribution in [1.29, 1.82) is 0 Å². The lowest BCUT2D eigenvalue weighted by Gasteiger charge is -2.23. The number of nitro groups is 1. The Morgan fingerprint density at radius 1 is 1.44 bits per heavy atom. The fourth-order valence-corrected chi connectivity index (χ4v) is 2.63. The topological polar surface area (TPSA) is 72.4 Å². The quantitative estimate of drug-likeness (QED) is 0.506. The Bertz CT molecular complexity index is 442. The van der Waals surface area contributed by atoms with E-state index in [4.69, 9.17) is 5.73 Å². The molecule has 1 saturated carbocycles. The molecule has 0 aliphatic heterocycles. The predicted octanol–water partition coefficient (Wildman–Crippen LogP) is 2.80. The summed E-state index contributed by atoms with van der Waals surface area (Å²) >= 11 is 0. The highest BCUT2D eigenvalue weighted by Crippen LogP contribution is 2.29. The molecule has 0 amide bonds. The van der Waals surface area contributed by atoms with Gasteiger partial charge in [-0.05, 0) is 30.9 Å². The molecule has 1 fully saturated rings. The van der Waals surface area contributed by atoms with Crippen molar-refractivity contribution in [3.63, 3.8) is 0 Å². The van der Waals surface area contributed by atoms with Gasteiger partial charge in [-0.25, -0.2) is 0 Å². The summed E-state index contributed by atoms with van der Waals surface area (Å²) in [5, 5.41) is 10.7. The van der Waals surface area contributed by atoms with E-state index in [2.05, 4.69) is 4.90 Å². The van der Waals surface area contributed by atoms with Crippen LogP contribution in [0.3, 0.4) is 0 Å². The Morgan fingerprint density at radius 3 is 2.67 bits per heavy atom. The molecule has 1 aliphatic rings. The van der Waals surface area contributed by atoms with Gasteiger partial charge in [0, 0.05) is 25.3 Å². The number of nitrogens with zero attached hydrogens (tertiary/aromatic N) is 2. The number of nitrogens with two attached hydrogens (primary N) is 1. The van der Waals surface area contributed by atoms with E-state index in [-0.39, 0.29) is 11.4 Å². The second kappa shape index (κ2) is 5.25. The van der Waals surface area contributed by atoms with Gasteiger partial charge in [-0.1, -0.05) is 12.8 Å². The lowest BCUT2D eigenvalue weighted by Crippen LogP contribution is -2.24. The minimum Gasteiger partial charge on any atom is -0.393 e. The highest BCUT2D eigenvalue weighted by molar-refractivity contribution is 5.66. The normalized spacial score (nSPS) is 15.8. The number of rotatable bonds is 4. The summed E-state index contributed by atoms with van der Waals surface area (Å²) in [6.07, 6.45) is 5.21. The van der Waals surface area contributed by atoms with Gasteiger partial charge >= 0.3 is 0 Å². The standard InChI is InChI=1S/C13H19N3O2/c1-15(9-10-4-2-3-5-10)11-6-7-13(16(17)18)12(14)8-11/h6-8,10H,2-5,9,14H2,1H3. The van der Waals surface area contributed by atoms with Gasteiger partial charge in [-0.2, -0.15) is 0 Å². The minimum absolute atomic E-state index is 0.0204. The van der Waals surface area contributed by atoms with Gasteiger partial charge in [0.05, 0.1) is 4.92 Å². The maximum Gasteiger partial charge on any atom is 0.292 e. The molecule has 98 valence electrons. The summed E-state index contributed by atoms with van der Waals surface area (Å²) in [5.41, 5.74) is 6.86. The first-order chi connectivity index (χ1) is 8.58. The number of anilines is 2. The largest absolute Gasteiger partial charge is 0.393 e. The fraction of sp³-hybridized carbons (Fsp3) is 0.538. The maximum absolute atomic E-state index is 10.7. The Morgan fingerprint density at radius 2 is 2.11 bits per heavy atom. The number of nitro benzene ring substituents is 1. The third-order valence-corrected chi connectivity index (χ3v) is 3.66. The second-order valence-electron chi connectivity index (χ2n) is 5.03. The van der Waals surface area contributed by atoms with E-state index in [1.54, 1.807) is 12.1 Å². The summed E-state index contributed by atoms with van der Waals surface area (Å²) in [4.78, 5) is 12.4. The molecule has 2 rings (SSSR count). The van der Waals surface area contributed by atoms with Crippen LogP contribution in [0.2, 0.25) is 0 Å². The molecule has 1 aliphatic carbocycles. The van der Waals surface area contributed by atoms with E-state index in [1.165, 1.54) is 31.7 Å². The SMILES string of the molecule is CN(CC1CCCC1)c1ccc([N+](=O)[O-])c(N)c1. The Balaban J connectivity index is 2.08. The van der Waals surface area contributed by atoms with Crippen LogP contribution >= 0.6 is 0 Å². The van der Waals surface area contributed by atoms with Crippen molar-refractivity contribution in [3.8, 4) is 0 Å². The average molecular weight is 249 g/mol. The summed E-state index contributed by atoms with van der Waals surface area (Å²) < 4.78 is 0. The molecule has 0 unspecified atom stereocenters. The van der Waals surface area contributed by atoms with E-state index >= 15 is 0 Å². The molecule has 0 saturated heterocycles. The van der Waals surface area contributed by atoms with Gasteiger partial charge < -0.3 is 10.6 Å². The minimum atomic E-state index is -0.448. The van der Waals surface area contributed by atoms with Gasteiger partial charge in [0.2, 0.25) is 0 Å². The molecule has 0 atom stereocenters. The van der Waals surface area contributed by atoms with Gasteiger partial charge in [0.15, 0.2) is 0 Å². The van der Waals surface area contributed by atoms with Crippen molar-refractivity contribution < 1.29 is 4.92 Å². The van der Waals surface area contributed by atoms with Crippen LogP contribution in [0, 0.1) is 16.0 Å². The van der Waals surface area contributed by atoms with Gasteiger partial charge in [-0.15, -0.1) is 0 Å². The van der Waals surface area contributed by atoms with E-state index in [0.717, 1.165) is 18.2 Å². The summed E-state index contributed by atoms with van der Waals surface area (Å²) in [6, 6.07) is 4.94. The van der Waals surface area contributed by atoms with Crippen molar-refractivity contribution in [2.24, 2.45) is 5.92 Å². The molecule has 0 radical (unpaired) electrons. The molecule has 1 aromatic carbocycles. The summed E-state index contributed by atoms with van der Waals surface area (Å²) in [7, 11) is 2.01. The van der Waals surface area contributed by atoms with Crippen molar-refractivity contribution in [2.75, 3.05) is 24.2 Å². The van der Waals surface area contributed by atoms with Crippen LogP contribution in [0.15, 0.2) is 18.2 Å². The molecular weight excluding hydrogens is 230 g/mol. The molecule has 0 spiro atoms. The van der Waals surface area contributed by atoms with E-state index in [0.29, 0.717) is 0 Å². The summed E-state index contributed by atoms with van der Waals surface area (Å²) in [5.74, 6) is 0.742. The van der Waals surface area contributed by atoms with Crippen LogP contribution in [0.4, 0.5) is 17.1 Å². The predicted molar refractivity (Wildman–Crippen MR) is 72.7 cm³/mol. The summed E-state index contributed by atoms with van der Waals surface area (Å²) in [6.45, 7) is 0.997. The first-order valence-electron chi connectivity index (χ1n) is 6.33. The van der Waals surface area contributed by atoms with Gasteiger partial charge in [-0.3, -0.25) is 10.1 Å². The monoisotopic (exact) mass is 249 g/mol. The van der Waals surface area contributed by atoms with Crippen LogP contribution in [0.5, 0.6) is 0 Å². The zero-order valence-corrected chi connectivity index (χ0v) is 10.6. The molecule has 2 N–H and O–H groups in total. The zero-order chi connectivity index (χ0) is 13.1. The molecule has 0 heterocycles. The highest BCUT2D eigenvalue weighted by Gasteiger charge is 2.18. The zero-order valence-electron chi connectivity index (χ0n) is 10.6. The fourth-order valence-electron chi connectivity index (χ4n) is 2.63. The van der Waals surface area contributed by atoms with Crippen LogP contribution < -0.4 is 10.6 Å². The third-order valence-electron chi connectivity index (χ3n) is 3.66. The average Bonchev–Trinajstić information content (AvgIpc) is 2.81. The molecular formula is C13H19N3O2. The van der Waals surface area contributed by atoms with Gasteiger partial charge in [0.1, 0.15) is 5.69 Å². The number of hydrogen-bond acceptors (Lipinski definition) is 4. The second-order valence-corrected chi connectivity index (χ2v) is 5.03. The Labute approximate surface area is 107 Å². The molecule has 0 bridgehead atoms. The van der Waals surface area contributed by atoms with E-state index in [1.807, 2.05) is 7.05 Å². The molecule has 18 heavy (non-hydrogen) atoms. The van der Waals surface area contributed by atoms with Crippen molar-refractivity contribution in [2.45, 2.75) is 25.7 Å². The number of benzene rings is 1. The molecule has 1 aromatic rings. The smallest absolute Gasteiger partial charge is 0.292 e. The van der Waals surface area contributed by atoms with Crippen LogP contribution in [-0.2, 0) is 0 Å². The first-order valence-corrected chi connectivity index (χ1v) is 6.33. The van der Waals surface area contributed by atoms with Crippen LogP contribution in [0.25, 0.3) is 0 Å². The molecule has 5 nitrogen and oxygen atoms in total. The van der Waals surface area contributed by atoms with Crippen molar-refractivity contribution in [3.05, 3.63) is 28.3 Å². The Hall–Kier alpha value is -1.78. The van der Waals surface area contributed by atoms with E-state index < -0.39 is 4.92 Å². The lowest BCUT2D eigenvalue weighted by molar-refractivity contribution is -0.383. The number of hydrogen-bond donors (Lipinski definition) is 1. The van der Waals surface area contributed by atoms with Crippen molar-refractivity contribution >= 4 is 17.1 Å². The molecule has 5 heteroatoms. The maximum atomic E-state index is 10.7. The highest BCUT2D eigenvalue weighted by atomic mass is 16.6. The van der Waals surface area contributed by atoms with Gasteiger partial charge in [0.25, 0.3) is 5.69 Å². The van der Waals surface area contributed by atoms with Crippen LogP contribution in [-0.4, -0.2) is 18.5 Å². The Kier molecular flexibility index (Phi) is 3.69. The van der Waals surface area contributed by atoms with E-state index in [9.17, 15) is 10.1 Å².